The molecule has 0 bridgehead atoms. The maximum atomic E-state index is 11.9. The van der Waals surface area contributed by atoms with Crippen LogP contribution in [0.15, 0.2) is 36.4 Å². The first-order valence-corrected chi connectivity index (χ1v) is 7.10. The van der Waals surface area contributed by atoms with Crippen molar-refractivity contribution >= 4 is 18.0 Å². The van der Waals surface area contributed by atoms with E-state index in [-0.39, 0.29) is 11.9 Å². The van der Waals surface area contributed by atoms with Gasteiger partial charge in [0, 0.05) is 0 Å². The molecular weight excluding hydrogens is 268 g/mol. The van der Waals surface area contributed by atoms with E-state index in [2.05, 4.69) is 4.74 Å². The van der Waals surface area contributed by atoms with Gasteiger partial charge >= 0.3 is 11.9 Å². The average Bonchev–Trinajstić information content (AvgIpc) is 2.51. The Hall–Kier alpha value is -2.10. The van der Waals surface area contributed by atoms with E-state index in [0.29, 0.717) is 0 Å². The zero-order chi connectivity index (χ0) is 15.7. The summed E-state index contributed by atoms with van der Waals surface area (Å²) in [6.07, 6.45) is 3.88. The van der Waals surface area contributed by atoms with Crippen molar-refractivity contribution in [3.8, 4) is 0 Å². The average molecular weight is 290 g/mol. The van der Waals surface area contributed by atoms with Gasteiger partial charge in [0.1, 0.15) is 0 Å². The van der Waals surface area contributed by atoms with E-state index >= 15 is 0 Å². The van der Waals surface area contributed by atoms with Crippen molar-refractivity contribution in [2.45, 2.75) is 32.8 Å². The van der Waals surface area contributed by atoms with E-state index in [1.54, 1.807) is 13.0 Å². The second kappa shape index (κ2) is 8.95. The molecule has 2 atom stereocenters. The van der Waals surface area contributed by atoms with Crippen molar-refractivity contribution in [2.24, 2.45) is 5.92 Å². The van der Waals surface area contributed by atoms with Gasteiger partial charge in [0.15, 0.2) is 0 Å². The van der Waals surface area contributed by atoms with Crippen molar-refractivity contribution in [3.05, 3.63) is 42.0 Å². The summed E-state index contributed by atoms with van der Waals surface area (Å²) in [7, 11) is 1.27. The van der Waals surface area contributed by atoms with Crippen LogP contribution in [0.25, 0.3) is 6.08 Å². The minimum atomic E-state index is -1.01. The maximum Gasteiger partial charge on any atom is 0.351 e. The Bertz CT molecular complexity index is 479. The van der Waals surface area contributed by atoms with Crippen molar-refractivity contribution < 1.29 is 19.1 Å². The third-order valence-corrected chi connectivity index (χ3v) is 3.06. The number of carbonyl (C=O) groups excluding carboxylic acids is 2. The van der Waals surface area contributed by atoms with Gasteiger partial charge in [-0.3, -0.25) is 4.79 Å². The maximum absolute atomic E-state index is 11.9. The van der Waals surface area contributed by atoms with E-state index in [1.165, 1.54) is 13.2 Å². The molecule has 1 aromatic carbocycles. The quantitative estimate of drug-likeness (QED) is 0.723. The smallest absolute Gasteiger partial charge is 0.351 e. The van der Waals surface area contributed by atoms with E-state index in [1.807, 2.05) is 37.3 Å². The number of esters is 2. The van der Waals surface area contributed by atoms with Gasteiger partial charge in [-0.25, -0.2) is 4.79 Å². The zero-order valence-electron chi connectivity index (χ0n) is 12.7. The summed E-state index contributed by atoms with van der Waals surface area (Å²) in [5.41, 5.74) is 0.920. The Morgan fingerprint density at radius 2 is 1.86 bits per heavy atom. The van der Waals surface area contributed by atoms with Crippen LogP contribution in [-0.4, -0.2) is 25.2 Å². The first-order valence-electron chi connectivity index (χ1n) is 7.10. The molecule has 114 valence electrons. The molecule has 0 fully saturated rings. The second-order valence-electron chi connectivity index (χ2n) is 4.84. The Morgan fingerprint density at radius 3 is 2.43 bits per heavy atom. The summed E-state index contributed by atoms with van der Waals surface area (Å²) < 4.78 is 9.91. The summed E-state index contributed by atoms with van der Waals surface area (Å²) in [6, 6.07) is 9.48. The fourth-order valence-corrected chi connectivity index (χ4v) is 1.84. The van der Waals surface area contributed by atoms with Crippen LogP contribution in [0.1, 0.15) is 32.3 Å². The topological polar surface area (TPSA) is 52.6 Å². The van der Waals surface area contributed by atoms with Crippen LogP contribution in [-0.2, 0) is 19.1 Å². The van der Waals surface area contributed by atoms with E-state index in [9.17, 15) is 9.59 Å². The van der Waals surface area contributed by atoms with E-state index in [0.717, 1.165) is 18.4 Å². The van der Waals surface area contributed by atoms with Crippen LogP contribution in [0, 0.1) is 5.92 Å². The highest BCUT2D eigenvalue weighted by atomic mass is 16.6. The summed E-state index contributed by atoms with van der Waals surface area (Å²) in [5.74, 6) is -1.20. The number of benzene rings is 1. The minimum Gasteiger partial charge on any atom is -0.466 e. The highest BCUT2D eigenvalue weighted by molar-refractivity contribution is 5.82. The predicted octanol–water partition coefficient (Wildman–Crippen LogP) is 3.22. The lowest BCUT2D eigenvalue weighted by atomic mass is 10.1. The van der Waals surface area contributed by atoms with Gasteiger partial charge < -0.3 is 9.47 Å². The lowest BCUT2D eigenvalue weighted by molar-refractivity contribution is -0.165. The highest BCUT2D eigenvalue weighted by Gasteiger charge is 2.23. The molecule has 0 radical (unpaired) electrons. The fourth-order valence-electron chi connectivity index (χ4n) is 1.84. The predicted molar refractivity (Wildman–Crippen MR) is 81.4 cm³/mol. The van der Waals surface area contributed by atoms with Crippen LogP contribution in [0.2, 0.25) is 0 Å². The standard InChI is InChI=1S/C17H22O4/c1-4-8-13(2)16(18)21-15(17(19)20-3)12-11-14-9-6-5-7-10-14/h5-7,9-13,15H,4,8H2,1-3H3/b12-11+/t13?,15-/m1/s1. The van der Waals surface area contributed by atoms with Crippen LogP contribution in [0.3, 0.4) is 0 Å². The van der Waals surface area contributed by atoms with Crippen LogP contribution < -0.4 is 0 Å². The summed E-state index contributed by atoms with van der Waals surface area (Å²) in [5, 5.41) is 0. The molecule has 0 N–H and O–H groups in total. The normalized spacial score (nSPS) is 13.7. The Morgan fingerprint density at radius 1 is 1.19 bits per heavy atom. The number of methoxy groups -OCH3 is 1. The van der Waals surface area contributed by atoms with Gasteiger partial charge in [-0.05, 0) is 18.1 Å². The first-order chi connectivity index (χ1) is 10.1. The molecule has 1 aromatic rings. The Kier molecular flexibility index (Phi) is 7.23. The molecule has 4 heteroatoms. The number of hydrogen-bond acceptors (Lipinski definition) is 4. The highest BCUT2D eigenvalue weighted by Crippen LogP contribution is 2.11. The molecular formula is C17H22O4. The fraction of sp³-hybridized carbons (Fsp3) is 0.412. The Balaban J connectivity index is 2.75. The van der Waals surface area contributed by atoms with Gasteiger partial charge in [0.05, 0.1) is 13.0 Å². The molecule has 0 aliphatic carbocycles. The van der Waals surface area contributed by atoms with Gasteiger partial charge in [-0.1, -0.05) is 56.7 Å². The molecule has 0 heterocycles. The monoisotopic (exact) mass is 290 g/mol. The lowest BCUT2D eigenvalue weighted by Gasteiger charge is -2.15. The molecule has 0 aliphatic heterocycles. The molecule has 0 aromatic heterocycles. The Labute approximate surface area is 125 Å². The van der Waals surface area contributed by atoms with Crippen molar-refractivity contribution in [1.29, 1.82) is 0 Å². The van der Waals surface area contributed by atoms with Crippen molar-refractivity contribution in [1.82, 2.24) is 0 Å². The van der Waals surface area contributed by atoms with Crippen molar-refractivity contribution in [2.75, 3.05) is 7.11 Å². The summed E-state index contributed by atoms with van der Waals surface area (Å²) >= 11 is 0. The van der Waals surface area contributed by atoms with E-state index < -0.39 is 12.1 Å². The molecule has 21 heavy (non-hydrogen) atoms. The second-order valence-corrected chi connectivity index (χ2v) is 4.84. The first kappa shape index (κ1) is 17.0. The molecule has 0 aliphatic rings. The molecule has 4 nitrogen and oxygen atoms in total. The molecule has 1 unspecified atom stereocenters. The lowest BCUT2D eigenvalue weighted by Crippen LogP contribution is -2.29. The summed E-state index contributed by atoms with van der Waals surface area (Å²) in [6.45, 7) is 3.79. The number of carbonyl (C=O) groups is 2. The third kappa shape index (κ3) is 5.81. The van der Waals surface area contributed by atoms with Crippen LogP contribution >= 0.6 is 0 Å². The minimum absolute atomic E-state index is 0.229. The molecule has 0 spiro atoms. The largest absolute Gasteiger partial charge is 0.466 e. The SMILES string of the molecule is CCCC(C)C(=O)O[C@H](/C=C/c1ccccc1)C(=O)OC. The molecule has 0 amide bonds. The summed E-state index contributed by atoms with van der Waals surface area (Å²) in [4.78, 5) is 23.6. The van der Waals surface area contributed by atoms with Crippen LogP contribution in [0.5, 0.6) is 0 Å². The van der Waals surface area contributed by atoms with Gasteiger partial charge in [-0.15, -0.1) is 0 Å². The van der Waals surface area contributed by atoms with Gasteiger partial charge in [-0.2, -0.15) is 0 Å². The van der Waals surface area contributed by atoms with Crippen LogP contribution in [0.4, 0.5) is 0 Å². The third-order valence-electron chi connectivity index (χ3n) is 3.06. The van der Waals surface area contributed by atoms with Gasteiger partial charge in [0.2, 0.25) is 6.10 Å². The number of rotatable bonds is 7. The van der Waals surface area contributed by atoms with Crippen molar-refractivity contribution in [3.63, 3.8) is 0 Å². The number of hydrogen-bond donors (Lipinski definition) is 0. The molecule has 1 rings (SSSR count). The van der Waals surface area contributed by atoms with E-state index in [4.69, 9.17) is 4.74 Å². The number of ether oxygens (including phenoxy) is 2. The molecule has 0 saturated heterocycles. The van der Waals surface area contributed by atoms with Gasteiger partial charge in [0.25, 0.3) is 0 Å². The zero-order valence-corrected chi connectivity index (χ0v) is 12.7. The molecule has 0 saturated carbocycles.